The van der Waals surface area contributed by atoms with Gasteiger partial charge in [-0.05, 0) is 83.0 Å². The summed E-state index contributed by atoms with van der Waals surface area (Å²) in [7, 11) is -4.14. The van der Waals surface area contributed by atoms with Crippen molar-refractivity contribution in [3.63, 3.8) is 0 Å². The molecule has 0 fully saturated rings. The van der Waals surface area contributed by atoms with Crippen LogP contribution >= 0.6 is 0 Å². The molecule has 1 N–H and O–H groups in total. The van der Waals surface area contributed by atoms with Crippen molar-refractivity contribution in [2.45, 2.75) is 64.6 Å². The minimum absolute atomic E-state index is 0.00997. The van der Waals surface area contributed by atoms with Gasteiger partial charge in [0.2, 0.25) is 11.8 Å². The molecule has 208 valence electrons. The van der Waals surface area contributed by atoms with Crippen LogP contribution in [0.4, 0.5) is 10.1 Å². The summed E-state index contributed by atoms with van der Waals surface area (Å²) in [6.07, 6.45) is 0. The molecule has 0 saturated heterocycles. The van der Waals surface area contributed by atoms with Gasteiger partial charge in [0.15, 0.2) is 0 Å². The van der Waals surface area contributed by atoms with Gasteiger partial charge in [-0.15, -0.1) is 0 Å². The zero-order valence-electron chi connectivity index (χ0n) is 23.2. The van der Waals surface area contributed by atoms with Gasteiger partial charge in [0.05, 0.1) is 10.6 Å². The number of halogens is 1. The van der Waals surface area contributed by atoms with Crippen LogP contribution in [0.25, 0.3) is 0 Å². The highest BCUT2D eigenvalue weighted by molar-refractivity contribution is 7.92. The number of amides is 2. The largest absolute Gasteiger partial charge is 0.350 e. The molecule has 0 aliphatic heterocycles. The van der Waals surface area contributed by atoms with E-state index < -0.39 is 39.9 Å². The fourth-order valence-electron chi connectivity index (χ4n) is 4.16. The Balaban J connectivity index is 2.05. The van der Waals surface area contributed by atoms with E-state index in [9.17, 15) is 22.4 Å². The number of carbonyl (C=O) groups is 2. The van der Waals surface area contributed by atoms with Gasteiger partial charge >= 0.3 is 0 Å². The molecule has 0 heterocycles. The monoisotopic (exact) mass is 553 g/mol. The second-order valence-corrected chi connectivity index (χ2v) is 12.5. The quantitative estimate of drug-likeness (QED) is 0.405. The molecule has 1 atom stereocenters. The second kappa shape index (κ2) is 12.0. The summed E-state index contributed by atoms with van der Waals surface area (Å²) in [5, 5.41) is 2.88. The van der Waals surface area contributed by atoms with Crippen LogP contribution in [-0.4, -0.2) is 43.3 Å². The van der Waals surface area contributed by atoms with E-state index in [-0.39, 0.29) is 17.3 Å². The van der Waals surface area contributed by atoms with Gasteiger partial charge in [-0.3, -0.25) is 13.9 Å². The number of aryl methyl sites for hydroxylation is 2. The van der Waals surface area contributed by atoms with Crippen LogP contribution in [-0.2, 0) is 26.2 Å². The first-order chi connectivity index (χ1) is 18.2. The van der Waals surface area contributed by atoms with Crippen molar-refractivity contribution in [3.8, 4) is 0 Å². The normalized spacial score (nSPS) is 12.5. The number of anilines is 1. The van der Waals surface area contributed by atoms with Crippen LogP contribution in [0, 0.1) is 19.7 Å². The molecule has 3 aromatic carbocycles. The molecule has 3 rings (SSSR count). The number of hydrogen-bond donors (Lipinski definition) is 1. The number of benzene rings is 3. The van der Waals surface area contributed by atoms with Crippen LogP contribution < -0.4 is 9.62 Å². The van der Waals surface area contributed by atoms with Gasteiger partial charge in [0.25, 0.3) is 10.0 Å². The van der Waals surface area contributed by atoms with Crippen LogP contribution in [0.15, 0.2) is 77.7 Å². The number of hydrogen-bond acceptors (Lipinski definition) is 4. The Kier molecular flexibility index (Phi) is 9.17. The first-order valence-corrected chi connectivity index (χ1v) is 14.1. The highest BCUT2D eigenvalue weighted by Crippen LogP contribution is 2.28. The number of nitrogens with one attached hydrogen (secondary N) is 1. The molecule has 7 nitrogen and oxygen atoms in total. The maximum Gasteiger partial charge on any atom is 0.264 e. The summed E-state index contributed by atoms with van der Waals surface area (Å²) in [6.45, 7) is 10.2. The zero-order valence-corrected chi connectivity index (χ0v) is 24.0. The van der Waals surface area contributed by atoms with Gasteiger partial charge in [-0.25, -0.2) is 12.8 Å². The van der Waals surface area contributed by atoms with Crippen molar-refractivity contribution in [2.24, 2.45) is 0 Å². The SMILES string of the molecule is Cc1ccc(N(CC(=O)N(Cc2ccc(F)cc2)[C@H](C)C(=O)NC(C)(C)C)S(=O)(=O)c2ccccc2)c(C)c1. The average molecular weight is 554 g/mol. The minimum atomic E-state index is -4.14. The molecule has 0 bridgehead atoms. The van der Waals surface area contributed by atoms with Crippen LogP contribution in [0.2, 0.25) is 0 Å². The Bertz CT molecular complexity index is 1420. The highest BCUT2D eigenvalue weighted by Gasteiger charge is 2.33. The van der Waals surface area contributed by atoms with Crippen molar-refractivity contribution in [2.75, 3.05) is 10.8 Å². The number of rotatable bonds is 9. The summed E-state index contributed by atoms with van der Waals surface area (Å²) in [6, 6.07) is 17.9. The fraction of sp³-hybridized carbons (Fsp3) is 0.333. The second-order valence-electron chi connectivity index (χ2n) is 10.7. The summed E-state index contributed by atoms with van der Waals surface area (Å²) in [4.78, 5) is 28.4. The Hall–Kier alpha value is -3.72. The van der Waals surface area contributed by atoms with E-state index in [0.29, 0.717) is 16.8 Å². The summed E-state index contributed by atoms with van der Waals surface area (Å²) >= 11 is 0. The average Bonchev–Trinajstić information content (AvgIpc) is 2.86. The van der Waals surface area contributed by atoms with Gasteiger partial charge in [-0.1, -0.05) is 48.0 Å². The van der Waals surface area contributed by atoms with Gasteiger partial charge in [0, 0.05) is 12.1 Å². The molecule has 0 aliphatic carbocycles. The lowest BCUT2D eigenvalue weighted by Gasteiger charge is -2.34. The molecule has 0 radical (unpaired) electrons. The number of sulfonamides is 1. The maximum atomic E-state index is 13.9. The molecule has 0 saturated carbocycles. The highest BCUT2D eigenvalue weighted by atomic mass is 32.2. The molecule has 9 heteroatoms. The van der Waals surface area contributed by atoms with E-state index >= 15 is 0 Å². The van der Waals surface area contributed by atoms with Crippen molar-refractivity contribution in [1.29, 1.82) is 0 Å². The van der Waals surface area contributed by atoms with Crippen molar-refractivity contribution < 1.29 is 22.4 Å². The van der Waals surface area contributed by atoms with E-state index in [2.05, 4.69) is 5.32 Å². The topological polar surface area (TPSA) is 86.8 Å². The third kappa shape index (κ3) is 7.66. The molecule has 0 aromatic heterocycles. The summed E-state index contributed by atoms with van der Waals surface area (Å²) < 4.78 is 42.3. The van der Waals surface area contributed by atoms with E-state index in [1.807, 2.05) is 33.8 Å². The molecule has 0 aliphatic rings. The lowest BCUT2D eigenvalue weighted by atomic mass is 10.1. The third-order valence-electron chi connectivity index (χ3n) is 6.16. The van der Waals surface area contributed by atoms with Crippen LogP contribution in [0.5, 0.6) is 0 Å². The molecule has 39 heavy (non-hydrogen) atoms. The Morgan fingerprint density at radius 3 is 2.13 bits per heavy atom. The molecule has 0 spiro atoms. The lowest BCUT2D eigenvalue weighted by molar-refractivity contribution is -0.140. The standard InChI is InChI=1S/C30H36FN3O4S/c1-21-12-17-27(22(2)18-21)34(39(37,38)26-10-8-7-9-11-26)20-28(35)33(19-24-13-15-25(31)16-14-24)23(3)29(36)32-30(4,5)6/h7-18,23H,19-20H2,1-6H3,(H,32,36)/t23-/m1/s1. The third-order valence-corrected chi connectivity index (χ3v) is 7.94. The fourth-order valence-corrected chi connectivity index (χ4v) is 5.66. The van der Waals surface area contributed by atoms with Gasteiger partial charge in [-0.2, -0.15) is 0 Å². The summed E-state index contributed by atoms with van der Waals surface area (Å²) in [5.41, 5.74) is 2.06. The first kappa shape index (κ1) is 29.8. The molecular weight excluding hydrogens is 517 g/mol. The Morgan fingerprint density at radius 1 is 0.949 bits per heavy atom. The first-order valence-electron chi connectivity index (χ1n) is 12.7. The van der Waals surface area contributed by atoms with Crippen molar-refractivity contribution in [3.05, 3.63) is 95.3 Å². The van der Waals surface area contributed by atoms with E-state index in [1.54, 1.807) is 44.2 Å². The van der Waals surface area contributed by atoms with Gasteiger partial charge in [0.1, 0.15) is 18.4 Å². The van der Waals surface area contributed by atoms with Crippen LogP contribution in [0.1, 0.15) is 44.4 Å². The van der Waals surface area contributed by atoms with Crippen molar-refractivity contribution in [1.82, 2.24) is 10.2 Å². The van der Waals surface area contributed by atoms with E-state index in [4.69, 9.17) is 0 Å². The molecular formula is C30H36FN3O4S. The molecule has 3 aromatic rings. The smallest absolute Gasteiger partial charge is 0.264 e. The predicted octanol–water partition coefficient (Wildman–Crippen LogP) is 4.97. The lowest BCUT2D eigenvalue weighted by Crippen LogP contribution is -2.54. The van der Waals surface area contributed by atoms with Crippen LogP contribution in [0.3, 0.4) is 0 Å². The molecule has 0 unspecified atom stereocenters. The van der Waals surface area contributed by atoms with E-state index in [0.717, 1.165) is 9.87 Å². The van der Waals surface area contributed by atoms with Crippen molar-refractivity contribution >= 4 is 27.5 Å². The predicted molar refractivity (Wildman–Crippen MR) is 151 cm³/mol. The minimum Gasteiger partial charge on any atom is -0.350 e. The zero-order chi connectivity index (χ0) is 29.0. The summed E-state index contributed by atoms with van der Waals surface area (Å²) in [5.74, 6) is -1.39. The Labute approximate surface area is 230 Å². The maximum absolute atomic E-state index is 13.9. The van der Waals surface area contributed by atoms with E-state index in [1.165, 1.54) is 41.3 Å². The van der Waals surface area contributed by atoms with Gasteiger partial charge < -0.3 is 10.2 Å². The Morgan fingerprint density at radius 2 is 1.56 bits per heavy atom. The number of nitrogens with zero attached hydrogens (tertiary/aromatic N) is 2. The molecule has 2 amide bonds. The number of carbonyl (C=O) groups excluding carboxylic acids is 2.